The standard InChI is InChI=1S/C36H56O10/c1-17-18(2)26-19-12-20(38)30-33(4)10-9-24(40)34(5,16-45-31-29(44)28(43)27(42)22(15-37)46-31)23(33)8-11-35(30,6)36(19,7)25(41)14-32(26,3)13-21(17)39/h12,17-18,22-31,37,40-44H,8-11,13-16H2,1-7H3/t17-,18-,22+,23+,24-,25-,26-,27+,28-,29+,30+,31+,32+,33-,34+,35+,36-/m0/s1. The largest absolute Gasteiger partial charge is 0.394 e. The van der Waals surface area contributed by atoms with Crippen molar-refractivity contribution in [1.82, 2.24) is 0 Å². The molecule has 5 fully saturated rings. The van der Waals surface area contributed by atoms with Gasteiger partial charge >= 0.3 is 0 Å². The van der Waals surface area contributed by atoms with E-state index >= 15 is 0 Å². The van der Waals surface area contributed by atoms with Gasteiger partial charge in [-0.2, -0.15) is 0 Å². The summed E-state index contributed by atoms with van der Waals surface area (Å²) in [5, 5.41) is 64.5. The van der Waals surface area contributed by atoms with E-state index in [1.807, 2.05) is 19.9 Å². The number of ketones is 2. The van der Waals surface area contributed by atoms with Crippen molar-refractivity contribution in [2.75, 3.05) is 13.2 Å². The van der Waals surface area contributed by atoms with Gasteiger partial charge in [0.15, 0.2) is 12.1 Å². The van der Waals surface area contributed by atoms with Crippen LogP contribution in [0.4, 0.5) is 0 Å². The van der Waals surface area contributed by atoms with E-state index in [9.17, 15) is 40.2 Å². The van der Waals surface area contributed by atoms with Gasteiger partial charge in [-0.15, -0.1) is 0 Å². The van der Waals surface area contributed by atoms with Gasteiger partial charge in [-0.05, 0) is 72.2 Å². The Labute approximate surface area is 272 Å². The highest BCUT2D eigenvalue weighted by Crippen LogP contribution is 2.75. The van der Waals surface area contributed by atoms with Gasteiger partial charge in [0.2, 0.25) is 0 Å². The molecule has 0 aromatic rings. The van der Waals surface area contributed by atoms with E-state index in [4.69, 9.17) is 9.47 Å². The quantitative estimate of drug-likeness (QED) is 0.265. The van der Waals surface area contributed by atoms with E-state index in [0.717, 1.165) is 5.57 Å². The average Bonchev–Trinajstić information content (AvgIpc) is 2.98. The lowest BCUT2D eigenvalue weighted by atomic mass is 9.32. The third kappa shape index (κ3) is 4.43. The number of ether oxygens (including phenoxy) is 2. The van der Waals surface area contributed by atoms with Crippen LogP contribution in [-0.2, 0) is 19.1 Å². The van der Waals surface area contributed by atoms with Crippen molar-refractivity contribution in [2.24, 2.45) is 56.7 Å². The Morgan fingerprint density at radius 3 is 2.24 bits per heavy atom. The number of allylic oxidation sites excluding steroid dienone is 1. The number of rotatable bonds is 4. The predicted octanol–water partition coefficient (Wildman–Crippen LogP) is 2.15. The summed E-state index contributed by atoms with van der Waals surface area (Å²) >= 11 is 0. The molecule has 4 saturated carbocycles. The number of hydrogen-bond acceptors (Lipinski definition) is 10. The SMILES string of the molecule is C[C@H]1[C@H](C)C(=O)C[C@]2(C)C[C@H](O)[C@]3(C)C(=CC(=O)[C@@H]4[C@@]5(C)CC[C@H](O)[C@](C)(CO[C@@H]6O[C@H](CO)[C@@H](O)[C@H](O)[C@H]6O)[C@@H]5CC[C@]43C)[C@H]12. The van der Waals surface area contributed by atoms with Crippen molar-refractivity contribution in [3.05, 3.63) is 11.6 Å². The molecule has 6 N–H and O–H groups in total. The fourth-order valence-corrected chi connectivity index (χ4v) is 12.2. The molecule has 0 amide bonds. The third-order valence-corrected chi connectivity index (χ3v) is 15.1. The van der Waals surface area contributed by atoms with Crippen LogP contribution in [-0.4, -0.2) is 98.3 Å². The van der Waals surface area contributed by atoms with Crippen LogP contribution in [0.25, 0.3) is 0 Å². The van der Waals surface area contributed by atoms with Crippen LogP contribution in [0, 0.1) is 56.7 Å². The fourth-order valence-electron chi connectivity index (χ4n) is 12.2. The lowest BCUT2D eigenvalue weighted by Crippen LogP contribution is -2.70. The van der Waals surface area contributed by atoms with Crippen molar-refractivity contribution >= 4 is 11.6 Å². The van der Waals surface area contributed by atoms with Gasteiger partial charge < -0.3 is 40.1 Å². The maximum atomic E-state index is 14.7. The molecule has 0 aromatic carbocycles. The van der Waals surface area contributed by atoms with Gasteiger partial charge in [0.05, 0.1) is 25.4 Å². The van der Waals surface area contributed by atoms with Gasteiger partial charge in [-0.1, -0.05) is 54.0 Å². The smallest absolute Gasteiger partial charge is 0.186 e. The van der Waals surface area contributed by atoms with Crippen LogP contribution >= 0.6 is 0 Å². The van der Waals surface area contributed by atoms with E-state index < -0.39 is 82.5 Å². The Balaban J connectivity index is 1.35. The minimum Gasteiger partial charge on any atom is -0.394 e. The molecule has 0 unspecified atom stereocenters. The first-order valence-electron chi connectivity index (χ1n) is 17.4. The van der Waals surface area contributed by atoms with Crippen molar-refractivity contribution in [1.29, 1.82) is 0 Å². The molecule has 0 radical (unpaired) electrons. The Morgan fingerprint density at radius 2 is 1.59 bits per heavy atom. The summed E-state index contributed by atoms with van der Waals surface area (Å²) in [6, 6.07) is 0. The van der Waals surface area contributed by atoms with Crippen LogP contribution < -0.4 is 0 Å². The second-order valence-corrected chi connectivity index (χ2v) is 17.4. The Kier molecular flexibility index (Phi) is 8.38. The van der Waals surface area contributed by atoms with Gasteiger partial charge in [0.25, 0.3) is 0 Å². The highest BCUT2D eigenvalue weighted by Gasteiger charge is 2.73. The predicted molar refractivity (Wildman–Crippen MR) is 167 cm³/mol. The normalized spacial score (nSPS) is 57.1. The van der Waals surface area contributed by atoms with Crippen LogP contribution in [0.15, 0.2) is 11.6 Å². The van der Waals surface area contributed by atoms with Crippen LogP contribution in [0.5, 0.6) is 0 Å². The maximum absolute atomic E-state index is 14.7. The molecule has 0 spiro atoms. The van der Waals surface area contributed by atoms with E-state index in [1.54, 1.807) is 0 Å². The molecule has 5 aliphatic carbocycles. The van der Waals surface area contributed by atoms with Crippen LogP contribution in [0.3, 0.4) is 0 Å². The number of fused-ring (bicyclic) bond motifs is 7. The minimum absolute atomic E-state index is 0.0197. The van der Waals surface area contributed by atoms with Gasteiger partial charge in [-0.3, -0.25) is 9.59 Å². The summed E-state index contributed by atoms with van der Waals surface area (Å²) in [5.41, 5.74) is -2.01. The number of aliphatic hydroxyl groups is 6. The van der Waals surface area contributed by atoms with Gasteiger partial charge in [0.1, 0.15) is 30.2 Å². The molecule has 1 aliphatic heterocycles. The summed E-state index contributed by atoms with van der Waals surface area (Å²) in [7, 11) is 0. The molecule has 17 atom stereocenters. The first-order chi connectivity index (χ1) is 21.3. The zero-order valence-corrected chi connectivity index (χ0v) is 28.5. The average molecular weight is 649 g/mol. The van der Waals surface area contributed by atoms with E-state index in [1.165, 1.54) is 0 Å². The maximum Gasteiger partial charge on any atom is 0.186 e. The van der Waals surface area contributed by atoms with Crippen molar-refractivity contribution < 1.29 is 49.7 Å². The second kappa shape index (κ2) is 11.1. The number of carbonyl (C=O) groups excluding carboxylic acids is 2. The molecule has 10 heteroatoms. The molecule has 6 aliphatic rings. The third-order valence-electron chi connectivity index (χ3n) is 15.1. The van der Waals surface area contributed by atoms with E-state index in [-0.39, 0.29) is 41.8 Å². The number of hydrogen-bond donors (Lipinski definition) is 6. The second-order valence-electron chi connectivity index (χ2n) is 17.4. The van der Waals surface area contributed by atoms with Crippen molar-refractivity contribution in [2.45, 2.75) is 130 Å². The van der Waals surface area contributed by atoms with Crippen LogP contribution in [0.1, 0.15) is 87.0 Å². The van der Waals surface area contributed by atoms with E-state index in [0.29, 0.717) is 38.5 Å². The molecule has 10 nitrogen and oxygen atoms in total. The molecular formula is C36H56O10. The summed E-state index contributed by atoms with van der Waals surface area (Å²) in [4.78, 5) is 27.7. The first-order valence-corrected chi connectivity index (χ1v) is 17.4. The zero-order valence-electron chi connectivity index (χ0n) is 28.5. The van der Waals surface area contributed by atoms with Crippen LogP contribution in [0.2, 0.25) is 0 Å². The highest BCUT2D eigenvalue weighted by molar-refractivity contribution is 5.96. The number of aliphatic hydroxyl groups excluding tert-OH is 6. The molecule has 1 saturated heterocycles. The monoisotopic (exact) mass is 648 g/mol. The summed E-state index contributed by atoms with van der Waals surface area (Å²) in [6.45, 7) is 14.1. The Morgan fingerprint density at radius 1 is 0.913 bits per heavy atom. The zero-order chi connectivity index (χ0) is 33.9. The topological polar surface area (TPSA) is 174 Å². The van der Waals surface area contributed by atoms with Crippen molar-refractivity contribution in [3.63, 3.8) is 0 Å². The van der Waals surface area contributed by atoms with E-state index in [2.05, 4.69) is 34.6 Å². The number of carbonyl (C=O) groups is 2. The van der Waals surface area contributed by atoms with Gasteiger partial charge in [-0.25, -0.2) is 0 Å². The summed E-state index contributed by atoms with van der Waals surface area (Å²) in [5.74, 6) is -0.313. The molecule has 260 valence electrons. The molecule has 0 bridgehead atoms. The molecule has 0 aromatic heterocycles. The lowest BCUT2D eigenvalue weighted by molar-refractivity contribution is -0.315. The molecule has 46 heavy (non-hydrogen) atoms. The number of Topliss-reactive ketones (excluding diaryl/α,β-unsaturated/α-hetero) is 1. The fraction of sp³-hybridized carbons (Fsp3) is 0.889. The Hall–Kier alpha value is -1.24. The van der Waals surface area contributed by atoms with Gasteiger partial charge in [0, 0.05) is 29.1 Å². The molecular weight excluding hydrogens is 592 g/mol. The van der Waals surface area contributed by atoms with Crippen molar-refractivity contribution in [3.8, 4) is 0 Å². The Bertz CT molecular complexity index is 1280. The lowest BCUT2D eigenvalue weighted by Gasteiger charge is -2.71. The summed E-state index contributed by atoms with van der Waals surface area (Å²) in [6.07, 6.45) is -3.36. The highest BCUT2D eigenvalue weighted by atomic mass is 16.7. The summed E-state index contributed by atoms with van der Waals surface area (Å²) < 4.78 is 11.7. The molecule has 6 rings (SSSR count). The first kappa shape index (κ1) is 34.6. The molecule has 1 heterocycles. The minimum atomic E-state index is -1.57.